The van der Waals surface area contributed by atoms with E-state index >= 15 is 0 Å². The molecule has 0 saturated carbocycles. The summed E-state index contributed by atoms with van der Waals surface area (Å²) in [6, 6.07) is 16.3. The predicted molar refractivity (Wildman–Crippen MR) is 93.4 cm³/mol. The lowest BCUT2D eigenvalue weighted by molar-refractivity contribution is -0.120. The van der Waals surface area contributed by atoms with E-state index in [9.17, 15) is 9.90 Å². The molecule has 0 saturated heterocycles. The SMILES string of the molecule is CCc1ccc(C(CO)NC(=O)CNc2ccc(C#N)cc2)cc1. The van der Waals surface area contributed by atoms with Gasteiger partial charge in [0.05, 0.1) is 30.8 Å². The second-order valence-corrected chi connectivity index (χ2v) is 5.44. The van der Waals surface area contributed by atoms with Crippen molar-refractivity contribution < 1.29 is 9.90 Å². The Labute approximate surface area is 141 Å². The molecule has 5 heteroatoms. The van der Waals surface area contributed by atoms with Crippen molar-refractivity contribution in [1.29, 1.82) is 5.26 Å². The summed E-state index contributed by atoms with van der Waals surface area (Å²) in [7, 11) is 0. The number of benzene rings is 2. The molecule has 1 unspecified atom stereocenters. The van der Waals surface area contributed by atoms with Gasteiger partial charge in [-0.1, -0.05) is 31.2 Å². The van der Waals surface area contributed by atoms with Crippen LogP contribution in [0.1, 0.15) is 29.7 Å². The molecule has 5 nitrogen and oxygen atoms in total. The van der Waals surface area contributed by atoms with Crippen molar-refractivity contribution in [2.75, 3.05) is 18.5 Å². The lowest BCUT2D eigenvalue weighted by Gasteiger charge is -2.17. The fourth-order valence-electron chi connectivity index (χ4n) is 2.31. The molecule has 2 rings (SSSR count). The molecule has 0 aliphatic carbocycles. The van der Waals surface area contributed by atoms with E-state index in [0.717, 1.165) is 17.7 Å². The quantitative estimate of drug-likeness (QED) is 0.730. The van der Waals surface area contributed by atoms with Crippen LogP contribution in [0.4, 0.5) is 5.69 Å². The Bertz CT molecular complexity index is 703. The van der Waals surface area contributed by atoms with Crippen molar-refractivity contribution in [1.82, 2.24) is 5.32 Å². The molecule has 0 fully saturated rings. The zero-order chi connectivity index (χ0) is 17.4. The zero-order valence-electron chi connectivity index (χ0n) is 13.6. The van der Waals surface area contributed by atoms with Crippen LogP contribution < -0.4 is 10.6 Å². The fourth-order valence-corrected chi connectivity index (χ4v) is 2.31. The summed E-state index contributed by atoms with van der Waals surface area (Å²) in [5, 5.41) is 24.1. The summed E-state index contributed by atoms with van der Waals surface area (Å²) in [5.74, 6) is -0.210. The molecule has 1 amide bonds. The third kappa shape index (κ3) is 4.83. The molecule has 0 aliphatic rings. The second kappa shape index (κ2) is 8.70. The minimum atomic E-state index is -0.425. The smallest absolute Gasteiger partial charge is 0.239 e. The van der Waals surface area contributed by atoms with E-state index < -0.39 is 6.04 Å². The van der Waals surface area contributed by atoms with Gasteiger partial charge < -0.3 is 15.7 Å². The number of aryl methyl sites for hydroxylation is 1. The Hall–Kier alpha value is -2.84. The maximum atomic E-state index is 12.1. The van der Waals surface area contributed by atoms with Crippen LogP contribution in [0.5, 0.6) is 0 Å². The molecular weight excluding hydrogens is 302 g/mol. The van der Waals surface area contributed by atoms with Crippen LogP contribution in [-0.2, 0) is 11.2 Å². The summed E-state index contributed by atoms with van der Waals surface area (Å²) in [6.45, 7) is 2.01. The third-order valence-electron chi connectivity index (χ3n) is 3.78. The number of aliphatic hydroxyl groups excluding tert-OH is 1. The van der Waals surface area contributed by atoms with Crippen LogP contribution in [0.2, 0.25) is 0 Å². The molecule has 0 spiro atoms. The number of nitrogens with zero attached hydrogens (tertiary/aromatic N) is 1. The normalized spacial score (nSPS) is 11.4. The molecule has 0 bridgehead atoms. The van der Waals surface area contributed by atoms with Crippen molar-refractivity contribution in [3.05, 3.63) is 65.2 Å². The Morgan fingerprint density at radius 1 is 1.17 bits per heavy atom. The van der Waals surface area contributed by atoms with E-state index in [4.69, 9.17) is 5.26 Å². The van der Waals surface area contributed by atoms with Gasteiger partial charge in [0.1, 0.15) is 0 Å². The zero-order valence-corrected chi connectivity index (χ0v) is 13.6. The Balaban J connectivity index is 1.89. The van der Waals surface area contributed by atoms with Crippen LogP contribution in [0.15, 0.2) is 48.5 Å². The van der Waals surface area contributed by atoms with Gasteiger partial charge in [0, 0.05) is 5.69 Å². The van der Waals surface area contributed by atoms with Crippen molar-refractivity contribution in [3.63, 3.8) is 0 Å². The average Bonchev–Trinajstić information content (AvgIpc) is 2.65. The van der Waals surface area contributed by atoms with E-state index in [1.165, 1.54) is 5.56 Å². The van der Waals surface area contributed by atoms with E-state index in [1.54, 1.807) is 24.3 Å². The highest BCUT2D eigenvalue weighted by Crippen LogP contribution is 2.14. The van der Waals surface area contributed by atoms with Crippen molar-refractivity contribution in [3.8, 4) is 6.07 Å². The highest BCUT2D eigenvalue weighted by molar-refractivity contribution is 5.81. The van der Waals surface area contributed by atoms with Gasteiger partial charge in [-0.15, -0.1) is 0 Å². The Kier molecular flexibility index (Phi) is 6.35. The minimum absolute atomic E-state index is 0.0927. The number of nitriles is 1. The van der Waals surface area contributed by atoms with Crippen molar-refractivity contribution >= 4 is 11.6 Å². The summed E-state index contributed by atoms with van der Waals surface area (Å²) in [4.78, 5) is 12.1. The standard InChI is InChI=1S/C19H21N3O2/c1-2-14-3-7-16(8-4-14)18(13-23)22-19(24)12-21-17-9-5-15(11-20)6-10-17/h3-10,18,21,23H,2,12-13H2,1H3,(H,22,24). The second-order valence-electron chi connectivity index (χ2n) is 5.44. The van der Waals surface area contributed by atoms with E-state index in [1.807, 2.05) is 30.3 Å². The number of amides is 1. The monoisotopic (exact) mass is 323 g/mol. The molecule has 3 N–H and O–H groups in total. The van der Waals surface area contributed by atoms with Gasteiger partial charge in [0.15, 0.2) is 0 Å². The van der Waals surface area contributed by atoms with Gasteiger partial charge in [0.25, 0.3) is 0 Å². The third-order valence-corrected chi connectivity index (χ3v) is 3.78. The highest BCUT2D eigenvalue weighted by atomic mass is 16.3. The first kappa shape index (κ1) is 17.5. The number of carbonyl (C=O) groups is 1. The summed E-state index contributed by atoms with van der Waals surface area (Å²) in [6.07, 6.45) is 0.949. The van der Waals surface area contributed by atoms with Gasteiger partial charge in [-0.05, 0) is 41.8 Å². The number of rotatable bonds is 7. The molecule has 2 aromatic rings. The lowest BCUT2D eigenvalue weighted by Crippen LogP contribution is -2.35. The molecule has 0 heterocycles. The predicted octanol–water partition coefficient (Wildman–Crippen LogP) is 2.38. The van der Waals surface area contributed by atoms with Crippen molar-refractivity contribution in [2.45, 2.75) is 19.4 Å². The molecule has 2 aromatic carbocycles. The number of hydrogen-bond acceptors (Lipinski definition) is 4. The molecule has 0 radical (unpaired) electrons. The van der Waals surface area contributed by atoms with E-state index in [-0.39, 0.29) is 19.1 Å². The molecule has 0 aromatic heterocycles. The van der Waals surface area contributed by atoms with Crippen LogP contribution in [-0.4, -0.2) is 24.2 Å². The lowest BCUT2D eigenvalue weighted by atomic mass is 10.0. The number of nitrogens with one attached hydrogen (secondary N) is 2. The minimum Gasteiger partial charge on any atom is -0.394 e. The molecule has 24 heavy (non-hydrogen) atoms. The van der Waals surface area contributed by atoms with Gasteiger partial charge in [-0.25, -0.2) is 0 Å². The number of hydrogen-bond donors (Lipinski definition) is 3. The molecular formula is C19H21N3O2. The average molecular weight is 323 g/mol. The Morgan fingerprint density at radius 2 is 1.83 bits per heavy atom. The highest BCUT2D eigenvalue weighted by Gasteiger charge is 2.13. The van der Waals surface area contributed by atoms with Gasteiger partial charge >= 0.3 is 0 Å². The van der Waals surface area contributed by atoms with Crippen molar-refractivity contribution in [2.24, 2.45) is 0 Å². The number of carbonyl (C=O) groups excluding carboxylic acids is 1. The largest absolute Gasteiger partial charge is 0.394 e. The Morgan fingerprint density at radius 3 is 2.38 bits per heavy atom. The van der Waals surface area contributed by atoms with E-state index in [2.05, 4.69) is 17.6 Å². The molecule has 124 valence electrons. The summed E-state index contributed by atoms with van der Waals surface area (Å²) >= 11 is 0. The first-order chi connectivity index (χ1) is 11.7. The van der Waals surface area contributed by atoms with Gasteiger partial charge in [-0.2, -0.15) is 5.26 Å². The summed E-state index contributed by atoms with van der Waals surface area (Å²) in [5.41, 5.74) is 3.42. The first-order valence-electron chi connectivity index (χ1n) is 7.89. The van der Waals surface area contributed by atoms with Crippen LogP contribution >= 0.6 is 0 Å². The topological polar surface area (TPSA) is 85.2 Å². The molecule has 0 aliphatic heterocycles. The number of aliphatic hydroxyl groups is 1. The van der Waals surface area contributed by atoms with Crippen LogP contribution in [0.25, 0.3) is 0 Å². The maximum Gasteiger partial charge on any atom is 0.239 e. The maximum absolute atomic E-state index is 12.1. The fraction of sp³-hybridized carbons (Fsp3) is 0.263. The molecule has 1 atom stereocenters. The summed E-state index contributed by atoms with van der Waals surface area (Å²) < 4.78 is 0. The van der Waals surface area contributed by atoms with Gasteiger partial charge in [0.2, 0.25) is 5.91 Å². The number of anilines is 1. The van der Waals surface area contributed by atoms with Crippen LogP contribution in [0.3, 0.4) is 0 Å². The van der Waals surface area contributed by atoms with E-state index in [0.29, 0.717) is 5.56 Å². The van der Waals surface area contributed by atoms with Crippen LogP contribution in [0, 0.1) is 11.3 Å². The van der Waals surface area contributed by atoms with Gasteiger partial charge in [-0.3, -0.25) is 4.79 Å². The first-order valence-corrected chi connectivity index (χ1v) is 7.89.